The molecule has 1 heterocycles. The van der Waals surface area contributed by atoms with Crippen LogP contribution in [0.25, 0.3) is 11.1 Å². The van der Waals surface area contributed by atoms with Crippen molar-refractivity contribution in [3.63, 3.8) is 0 Å². The van der Waals surface area contributed by atoms with Gasteiger partial charge in [0.25, 0.3) is 11.8 Å². The van der Waals surface area contributed by atoms with Gasteiger partial charge >= 0.3 is 0 Å². The summed E-state index contributed by atoms with van der Waals surface area (Å²) >= 11 is 5.83. The van der Waals surface area contributed by atoms with Gasteiger partial charge in [-0.05, 0) is 48.0 Å². The summed E-state index contributed by atoms with van der Waals surface area (Å²) in [5, 5.41) is 5.88. The zero-order valence-corrected chi connectivity index (χ0v) is 20.1. The van der Waals surface area contributed by atoms with Gasteiger partial charge in [-0.2, -0.15) is 0 Å². The normalized spacial score (nSPS) is 11.0. The predicted octanol–water partition coefficient (Wildman–Crippen LogP) is 5.31. The minimum absolute atomic E-state index is 0.215. The van der Waals surface area contributed by atoms with Crippen molar-refractivity contribution in [3.8, 4) is 11.1 Å². The number of hydrogen-bond donors (Lipinski definition) is 2. The average Bonchev–Trinajstić information content (AvgIpc) is 2.85. The van der Waals surface area contributed by atoms with Crippen molar-refractivity contribution in [2.24, 2.45) is 0 Å². The summed E-state index contributed by atoms with van der Waals surface area (Å²) in [5.74, 6) is -0.535. The zero-order valence-electron chi connectivity index (χ0n) is 18.5. The maximum Gasteiger partial charge on any atom is 0.258 e. The highest BCUT2D eigenvalue weighted by atomic mass is 35.5. The quantitative estimate of drug-likeness (QED) is 0.369. The Bertz CT molecular complexity index is 1500. The summed E-state index contributed by atoms with van der Waals surface area (Å²) in [4.78, 5) is 29.9. The molecular weight excluding hydrogens is 486 g/mol. The minimum Gasteiger partial charge on any atom is -0.321 e. The highest BCUT2D eigenvalue weighted by molar-refractivity contribution is 7.90. The van der Waals surface area contributed by atoms with Gasteiger partial charge < -0.3 is 10.6 Å². The molecule has 0 saturated heterocycles. The number of carbonyl (C=O) groups is 2. The van der Waals surface area contributed by atoms with E-state index in [1.54, 1.807) is 84.9 Å². The van der Waals surface area contributed by atoms with E-state index in [9.17, 15) is 18.0 Å². The molecule has 0 radical (unpaired) electrons. The van der Waals surface area contributed by atoms with E-state index in [1.165, 1.54) is 6.20 Å². The first-order valence-corrected chi connectivity index (χ1v) is 12.7. The second kappa shape index (κ2) is 10.1. The van der Waals surface area contributed by atoms with Crippen LogP contribution in [-0.4, -0.2) is 31.5 Å². The Labute approximate surface area is 207 Å². The summed E-state index contributed by atoms with van der Waals surface area (Å²) in [6, 6.07) is 23.0. The van der Waals surface area contributed by atoms with Gasteiger partial charge in [0.15, 0.2) is 9.84 Å². The van der Waals surface area contributed by atoms with Gasteiger partial charge in [-0.15, -0.1) is 0 Å². The second-order valence-electron chi connectivity index (χ2n) is 7.66. The van der Waals surface area contributed by atoms with Gasteiger partial charge in [0.05, 0.1) is 21.2 Å². The molecule has 7 nitrogen and oxygen atoms in total. The van der Waals surface area contributed by atoms with Crippen molar-refractivity contribution in [1.82, 2.24) is 4.98 Å². The number of nitrogens with one attached hydrogen (secondary N) is 2. The summed E-state index contributed by atoms with van der Waals surface area (Å²) in [6.07, 6.45) is 2.58. The molecule has 0 saturated carbocycles. The molecule has 176 valence electrons. The number of nitrogens with zero attached hydrogens (tertiary/aromatic N) is 1. The van der Waals surface area contributed by atoms with E-state index in [0.29, 0.717) is 33.2 Å². The SMILES string of the molecule is CS(=O)(=O)c1ccccc1-c1ccc(C(=O)Nc2ccccc2C(=O)Nc2ccc(Cl)cn2)cc1. The first kappa shape index (κ1) is 24.1. The van der Waals surface area contributed by atoms with E-state index >= 15 is 0 Å². The number of halogens is 1. The molecule has 0 aliphatic heterocycles. The van der Waals surface area contributed by atoms with Crippen LogP contribution in [0.5, 0.6) is 0 Å². The number of hydrogen-bond acceptors (Lipinski definition) is 5. The van der Waals surface area contributed by atoms with E-state index in [1.807, 2.05) is 0 Å². The van der Waals surface area contributed by atoms with Crippen molar-refractivity contribution in [3.05, 3.63) is 107 Å². The van der Waals surface area contributed by atoms with E-state index in [4.69, 9.17) is 11.6 Å². The lowest BCUT2D eigenvalue weighted by Gasteiger charge is -2.12. The fraction of sp³-hybridized carbons (Fsp3) is 0.0385. The Kier molecular flexibility index (Phi) is 6.95. The fourth-order valence-electron chi connectivity index (χ4n) is 3.45. The molecular formula is C26H20ClN3O4S. The molecule has 3 aromatic carbocycles. The third-order valence-electron chi connectivity index (χ3n) is 5.13. The van der Waals surface area contributed by atoms with Gasteiger partial charge in [0, 0.05) is 23.6 Å². The number of pyridine rings is 1. The van der Waals surface area contributed by atoms with Crippen LogP contribution in [0.4, 0.5) is 11.5 Å². The fourth-order valence-corrected chi connectivity index (χ4v) is 4.47. The highest BCUT2D eigenvalue weighted by Crippen LogP contribution is 2.28. The number of para-hydroxylation sites is 1. The van der Waals surface area contributed by atoms with Crippen LogP contribution >= 0.6 is 11.6 Å². The third kappa shape index (κ3) is 5.74. The number of benzene rings is 3. The standard InChI is InChI=1S/C26H20ClN3O4S/c1-35(33,34)23-9-5-3-6-20(23)17-10-12-18(13-11-17)25(31)29-22-8-4-2-7-21(22)26(32)30-24-15-14-19(27)16-28-24/h2-16H,1H3,(H,29,31)(H,28,30,32). The number of rotatable bonds is 6. The topological polar surface area (TPSA) is 105 Å². The van der Waals surface area contributed by atoms with Gasteiger partial charge in [-0.25, -0.2) is 13.4 Å². The summed E-state index contributed by atoms with van der Waals surface area (Å²) in [5.41, 5.74) is 2.16. The summed E-state index contributed by atoms with van der Waals surface area (Å²) < 4.78 is 24.2. The van der Waals surface area contributed by atoms with Crippen LogP contribution in [0.15, 0.2) is 96.0 Å². The monoisotopic (exact) mass is 505 g/mol. The Balaban J connectivity index is 1.53. The first-order valence-electron chi connectivity index (χ1n) is 10.5. The van der Waals surface area contributed by atoms with Crippen LogP contribution in [0.2, 0.25) is 5.02 Å². The van der Waals surface area contributed by atoms with Crippen molar-refractivity contribution < 1.29 is 18.0 Å². The van der Waals surface area contributed by atoms with Crippen molar-refractivity contribution >= 4 is 44.8 Å². The van der Waals surface area contributed by atoms with Crippen LogP contribution in [-0.2, 0) is 9.84 Å². The predicted molar refractivity (Wildman–Crippen MR) is 137 cm³/mol. The Morgan fingerprint density at radius 2 is 1.49 bits per heavy atom. The van der Waals surface area contributed by atoms with Gasteiger partial charge in [0.2, 0.25) is 0 Å². The maximum atomic E-state index is 12.9. The number of aromatic nitrogens is 1. The van der Waals surface area contributed by atoms with E-state index in [2.05, 4.69) is 15.6 Å². The van der Waals surface area contributed by atoms with Crippen molar-refractivity contribution in [1.29, 1.82) is 0 Å². The van der Waals surface area contributed by atoms with Gasteiger partial charge in [-0.1, -0.05) is 54.1 Å². The number of sulfone groups is 1. The molecule has 0 aliphatic rings. The number of carbonyl (C=O) groups excluding carboxylic acids is 2. The number of amides is 2. The van der Waals surface area contributed by atoms with Crippen LogP contribution < -0.4 is 10.6 Å². The molecule has 9 heteroatoms. The van der Waals surface area contributed by atoms with E-state index < -0.39 is 21.7 Å². The maximum absolute atomic E-state index is 12.9. The first-order chi connectivity index (χ1) is 16.7. The largest absolute Gasteiger partial charge is 0.321 e. The Morgan fingerprint density at radius 1 is 0.800 bits per heavy atom. The lowest BCUT2D eigenvalue weighted by atomic mass is 10.0. The molecule has 35 heavy (non-hydrogen) atoms. The molecule has 1 aromatic heterocycles. The molecule has 0 unspecified atom stereocenters. The smallest absolute Gasteiger partial charge is 0.258 e. The van der Waals surface area contributed by atoms with Crippen molar-refractivity contribution in [2.75, 3.05) is 16.9 Å². The molecule has 0 fully saturated rings. The van der Waals surface area contributed by atoms with Crippen molar-refractivity contribution in [2.45, 2.75) is 4.90 Å². The molecule has 0 spiro atoms. The molecule has 0 bridgehead atoms. The summed E-state index contributed by atoms with van der Waals surface area (Å²) in [7, 11) is -3.41. The molecule has 4 aromatic rings. The van der Waals surface area contributed by atoms with Crippen LogP contribution in [0.1, 0.15) is 20.7 Å². The molecule has 0 aliphatic carbocycles. The highest BCUT2D eigenvalue weighted by Gasteiger charge is 2.17. The Morgan fingerprint density at radius 3 is 2.17 bits per heavy atom. The molecule has 2 N–H and O–H groups in total. The third-order valence-corrected chi connectivity index (χ3v) is 6.51. The number of anilines is 2. The van der Waals surface area contributed by atoms with Crippen LogP contribution in [0.3, 0.4) is 0 Å². The lowest BCUT2D eigenvalue weighted by Crippen LogP contribution is -2.18. The van der Waals surface area contributed by atoms with Crippen LogP contribution in [0, 0.1) is 0 Å². The molecule has 0 atom stereocenters. The average molecular weight is 506 g/mol. The lowest BCUT2D eigenvalue weighted by molar-refractivity contribution is 0.102. The van der Waals surface area contributed by atoms with Gasteiger partial charge in [-0.3, -0.25) is 9.59 Å². The van der Waals surface area contributed by atoms with Gasteiger partial charge in [0.1, 0.15) is 5.82 Å². The zero-order chi connectivity index (χ0) is 25.0. The Hall–Kier alpha value is -4.01. The van der Waals surface area contributed by atoms with E-state index in [0.717, 1.165) is 6.26 Å². The summed E-state index contributed by atoms with van der Waals surface area (Å²) in [6.45, 7) is 0. The molecule has 4 rings (SSSR count). The van der Waals surface area contributed by atoms with E-state index in [-0.39, 0.29) is 10.5 Å². The molecule has 2 amide bonds. The second-order valence-corrected chi connectivity index (χ2v) is 10.1. The minimum atomic E-state index is -3.41.